The average molecular weight is 333 g/mol. The van der Waals surface area contributed by atoms with E-state index in [1.807, 2.05) is 0 Å². The molecule has 2 aromatic rings. The van der Waals surface area contributed by atoms with Gasteiger partial charge in [0.05, 0.1) is 5.69 Å². The molecule has 25 heavy (non-hydrogen) atoms. The molecule has 1 aromatic heterocycles. The first-order valence-corrected chi connectivity index (χ1v) is 10.1. The van der Waals surface area contributed by atoms with Gasteiger partial charge in [-0.2, -0.15) is 0 Å². The molecule has 2 fully saturated rings. The van der Waals surface area contributed by atoms with E-state index in [9.17, 15) is 0 Å². The summed E-state index contributed by atoms with van der Waals surface area (Å²) < 4.78 is 0. The Hall–Kier alpha value is -1.90. The number of aryl methyl sites for hydroxylation is 1. The largest absolute Gasteiger partial charge is 0.356 e. The minimum Gasteiger partial charge on any atom is -0.356 e. The van der Waals surface area contributed by atoms with Crippen molar-refractivity contribution in [3.8, 4) is 11.3 Å². The Kier molecular flexibility index (Phi) is 3.58. The van der Waals surface area contributed by atoms with Gasteiger partial charge in [0.15, 0.2) is 0 Å². The maximum Gasteiger partial charge on any atom is 0.136 e. The molecule has 0 N–H and O–H groups in total. The van der Waals surface area contributed by atoms with Gasteiger partial charge in [0, 0.05) is 36.1 Å². The molecule has 3 nitrogen and oxygen atoms in total. The van der Waals surface area contributed by atoms with Gasteiger partial charge in [-0.15, -0.1) is 0 Å². The number of fused-ring (bicyclic) bond motifs is 4. The predicted octanol–water partition coefficient (Wildman–Crippen LogP) is 4.67. The Labute approximate surface area is 150 Å². The topological polar surface area (TPSA) is 29.0 Å². The van der Waals surface area contributed by atoms with Crippen molar-refractivity contribution in [1.82, 2.24) is 9.97 Å². The molecule has 0 amide bonds. The Bertz CT molecular complexity index is 799. The zero-order valence-corrected chi connectivity index (χ0v) is 15.2. The molecule has 3 heteroatoms. The van der Waals surface area contributed by atoms with Crippen LogP contribution in [0.15, 0.2) is 24.3 Å². The molecule has 1 spiro atoms. The lowest BCUT2D eigenvalue weighted by Gasteiger charge is -2.39. The summed E-state index contributed by atoms with van der Waals surface area (Å²) in [5.41, 5.74) is 5.85. The van der Waals surface area contributed by atoms with Crippen molar-refractivity contribution in [1.29, 1.82) is 0 Å². The van der Waals surface area contributed by atoms with Crippen LogP contribution in [0.3, 0.4) is 0 Å². The lowest BCUT2D eigenvalue weighted by molar-refractivity contribution is 0.430. The molecule has 1 saturated carbocycles. The number of hydrogen-bond donors (Lipinski definition) is 0. The van der Waals surface area contributed by atoms with Crippen LogP contribution < -0.4 is 4.90 Å². The standard InChI is InChI=1S/C22H27N3/c1-2-18-23-20-17-10-4-3-9-16(17)15-22(11-5-6-12-22)19(20)21(24-18)25-13-7-8-14-25/h3-4,9-10H,2,5-8,11-15H2,1H3. The third-order valence-corrected chi connectivity index (χ3v) is 6.55. The predicted molar refractivity (Wildman–Crippen MR) is 102 cm³/mol. The summed E-state index contributed by atoms with van der Waals surface area (Å²) >= 11 is 0. The van der Waals surface area contributed by atoms with Gasteiger partial charge < -0.3 is 4.90 Å². The van der Waals surface area contributed by atoms with Crippen molar-refractivity contribution in [2.75, 3.05) is 18.0 Å². The monoisotopic (exact) mass is 333 g/mol. The van der Waals surface area contributed by atoms with Crippen molar-refractivity contribution in [2.24, 2.45) is 0 Å². The van der Waals surface area contributed by atoms with Gasteiger partial charge in [-0.1, -0.05) is 44.0 Å². The fourth-order valence-electron chi connectivity index (χ4n) is 5.33. The van der Waals surface area contributed by atoms with Gasteiger partial charge in [0.1, 0.15) is 11.6 Å². The molecule has 3 aliphatic rings. The molecule has 0 bridgehead atoms. The van der Waals surface area contributed by atoms with Gasteiger partial charge in [0.2, 0.25) is 0 Å². The molecule has 1 aromatic carbocycles. The van der Waals surface area contributed by atoms with E-state index in [-0.39, 0.29) is 5.41 Å². The van der Waals surface area contributed by atoms with Crippen LogP contribution in [0, 0.1) is 0 Å². The first kappa shape index (κ1) is 15.4. The zero-order valence-electron chi connectivity index (χ0n) is 15.2. The fraction of sp³-hybridized carbons (Fsp3) is 0.545. The van der Waals surface area contributed by atoms with Crippen LogP contribution in [0.1, 0.15) is 62.4 Å². The lowest BCUT2D eigenvalue weighted by atomic mass is 9.68. The Balaban J connectivity index is 1.80. The van der Waals surface area contributed by atoms with E-state index in [1.165, 1.54) is 73.1 Å². The SMILES string of the molecule is CCc1nc2c(c(N3CCCC3)n1)C1(CCCC1)Cc1ccccc1-2. The van der Waals surface area contributed by atoms with E-state index in [2.05, 4.69) is 36.1 Å². The van der Waals surface area contributed by atoms with Crippen molar-refractivity contribution >= 4 is 5.82 Å². The number of aromatic nitrogens is 2. The third-order valence-electron chi connectivity index (χ3n) is 6.55. The van der Waals surface area contributed by atoms with Gasteiger partial charge in [0.25, 0.3) is 0 Å². The van der Waals surface area contributed by atoms with Crippen LogP contribution in [0.4, 0.5) is 5.82 Å². The van der Waals surface area contributed by atoms with Crippen LogP contribution in [0.2, 0.25) is 0 Å². The normalized spacial score (nSPS) is 20.8. The van der Waals surface area contributed by atoms with Crippen LogP contribution >= 0.6 is 0 Å². The molecule has 1 saturated heterocycles. The summed E-state index contributed by atoms with van der Waals surface area (Å²) in [5.74, 6) is 2.28. The Morgan fingerprint density at radius 3 is 2.52 bits per heavy atom. The van der Waals surface area contributed by atoms with Crippen molar-refractivity contribution < 1.29 is 0 Å². The van der Waals surface area contributed by atoms with Gasteiger partial charge in [-0.05, 0) is 37.7 Å². The van der Waals surface area contributed by atoms with E-state index in [4.69, 9.17) is 9.97 Å². The number of nitrogens with zero attached hydrogens (tertiary/aromatic N) is 3. The molecule has 5 rings (SSSR count). The summed E-state index contributed by atoms with van der Waals surface area (Å²) in [6, 6.07) is 8.95. The first-order chi connectivity index (χ1) is 12.3. The molecule has 1 aliphatic heterocycles. The summed E-state index contributed by atoms with van der Waals surface area (Å²) in [4.78, 5) is 12.7. The summed E-state index contributed by atoms with van der Waals surface area (Å²) in [6.07, 6.45) is 9.95. The maximum absolute atomic E-state index is 5.09. The smallest absolute Gasteiger partial charge is 0.136 e. The van der Waals surface area contributed by atoms with Crippen LogP contribution in [-0.2, 0) is 18.3 Å². The first-order valence-electron chi connectivity index (χ1n) is 10.1. The second kappa shape index (κ2) is 5.82. The van der Waals surface area contributed by atoms with Crippen LogP contribution in [0.25, 0.3) is 11.3 Å². The van der Waals surface area contributed by atoms with E-state index in [0.717, 1.165) is 25.3 Å². The maximum atomic E-state index is 5.09. The number of hydrogen-bond acceptors (Lipinski definition) is 3. The molecular formula is C22H27N3. The van der Waals surface area contributed by atoms with Crippen molar-refractivity contribution in [3.05, 3.63) is 41.2 Å². The average Bonchev–Trinajstić information content (AvgIpc) is 3.33. The van der Waals surface area contributed by atoms with Crippen molar-refractivity contribution in [3.63, 3.8) is 0 Å². The molecule has 0 radical (unpaired) electrons. The van der Waals surface area contributed by atoms with Crippen LogP contribution in [-0.4, -0.2) is 23.1 Å². The summed E-state index contributed by atoms with van der Waals surface area (Å²) in [7, 11) is 0. The molecular weight excluding hydrogens is 306 g/mol. The second-order valence-corrected chi connectivity index (χ2v) is 8.06. The number of anilines is 1. The lowest BCUT2D eigenvalue weighted by Crippen LogP contribution is -2.34. The molecule has 130 valence electrons. The second-order valence-electron chi connectivity index (χ2n) is 8.06. The minimum absolute atomic E-state index is 0.272. The highest BCUT2D eigenvalue weighted by Crippen LogP contribution is 2.53. The number of benzene rings is 1. The zero-order chi connectivity index (χ0) is 16.9. The van der Waals surface area contributed by atoms with E-state index in [0.29, 0.717) is 0 Å². The molecule has 0 unspecified atom stereocenters. The fourth-order valence-corrected chi connectivity index (χ4v) is 5.33. The summed E-state index contributed by atoms with van der Waals surface area (Å²) in [6.45, 7) is 4.49. The Morgan fingerprint density at radius 1 is 1.00 bits per heavy atom. The van der Waals surface area contributed by atoms with Crippen LogP contribution in [0.5, 0.6) is 0 Å². The highest BCUT2D eigenvalue weighted by atomic mass is 15.2. The third kappa shape index (κ3) is 2.32. The van der Waals surface area contributed by atoms with Gasteiger partial charge in [-0.3, -0.25) is 0 Å². The highest BCUT2D eigenvalue weighted by Gasteiger charge is 2.45. The van der Waals surface area contributed by atoms with Crippen molar-refractivity contribution in [2.45, 2.75) is 63.7 Å². The van der Waals surface area contributed by atoms with Gasteiger partial charge >= 0.3 is 0 Å². The molecule has 2 heterocycles. The van der Waals surface area contributed by atoms with E-state index in [1.54, 1.807) is 0 Å². The molecule has 2 aliphatic carbocycles. The summed E-state index contributed by atoms with van der Waals surface area (Å²) in [5, 5.41) is 0. The quantitative estimate of drug-likeness (QED) is 0.799. The highest BCUT2D eigenvalue weighted by molar-refractivity contribution is 5.77. The van der Waals surface area contributed by atoms with E-state index >= 15 is 0 Å². The van der Waals surface area contributed by atoms with E-state index < -0.39 is 0 Å². The Morgan fingerprint density at radius 2 is 1.76 bits per heavy atom. The van der Waals surface area contributed by atoms with Gasteiger partial charge in [-0.25, -0.2) is 9.97 Å². The number of rotatable bonds is 2. The molecule has 0 atom stereocenters. The minimum atomic E-state index is 0.272.